The minimum absolute atomic E-state index is 0.00453. The van der Waals surface area contributed by atoms with E-state index in [1.54, 1.807) is 12.1 Å². The Morgan fingerprint density at radius 1 is 1.17 bits per heavy atom. The third kappa shape index (κ3) is 2.91. The van der Waals surface area contributed by atoms with E-state index in [-0.39, 0.29) is 11.6 Å². The van der Waals surface area contributed by atoms with Gasteiger partial charge in [-0.15, -0.1) is 0 Å². The van der Waals surface area contributed by atoms with Crippen molar-refractivity contribution < 1.29 is 9.45 Å². The monoisotopic (exact) mass is 330 g/mol. The van der Waals surface area contributed by atoms with Crippen LogP contribution in [-0.2, 0) is 0 Å². The number of hydrogen-bond donors (Lipinski definition) is 0. The molecule has 2 heterocycles. The van der Waals surface area contributed by atoms with Gasteiger partial charge in [-0.3, -0.25) is 10.1 Å². The summed E-state index contributed by atoms with van der Waals surface area (Å²) in [5.41, 5.74) is 2.88. The molecule has 116 valence electrons. The van der Waals surface area contributed by atoms with Crippen LogP contribution in [0.15, 0.2) is 34.9 Å². The third-order valence-electron chi connectivity index (χ3n) is 3.28. The van der Waals surface area contributed by atoms with Crippen LogP contribution < -0.4 is 0 Å². The fraction of sp³-hybridized carbons (Fsp3) is 0.133. The van der Waals surface area contributed by atoms with E-state index in [9.17, 15) is 10.1 Å². The molecule has 0 aliphatic heterocycles. The fourth-order valence-corrected chi connectivity index (χ4v) is 2.59. The Kier molecular flexibility index (Phi) is 3.79. The minimum atomic E-state index is -0.468. The van der Waals surface area contributed by atoms with Crippen molar-refractivity contribution >= 4 is 17.3 Å². The second-order valence-corrected chi connectivity index (χ2v) is 5.33. The Balaban J connectivity index is 1.99. The van der Waals surface area contributed by atoms with Gasteiger partial charge in [-0.1, -0.05) is 16.8 Å². The van der Waals surface area contributed by atoms with Crippen molar-refractivity contribution in [2.24, 2.45) is 0 Å². The van der Waals surface area contributed by atoms with Gasteiger partial charge in [-0.05, 0) is 37.6 Å². The Labute approximate surface area is 136 Å². The van der Waals surface area contributed by atoms with Gasteiger partial charge in [0, 0.05) is 23.4 Å². The van der Waals surface area contributed by atoms with Crippen LogP contribution in [0.4, 0.5) is 5.69 Å². The average molecular weight is 331 g/mol. The molecule has 0 aliphatic rings. The summed E-state index contributed by atoms with van der Waals surface area (Å²) in [6, 6.07) is 7.74. The molecule has 3 aromatic rings. The molecule has 0 spiro atoms. The average Bonchev–Trinajstić information content (AvgIpc) is 2.95. The van der Waals surface area contributed by atoms with Crippen molar-refractivity contribution in [3.8, 4) is 22.8 Å². The van der Waals surface area contributed by atoms with Crippen LogP contribution in [0.3, 0.4) is 0 Å². The molecule has 0 saturated carbocycles. The number of nitro benzene ring substituents is 1. The van der Waals surface area contributed by atoms with Crippen LogP contribution in [0.1, 0.15) is 11.3 Å². The summed E-state index contributed by atoms with van der Waals surface area (Å²) in [6.45, 7) is 3.74. The zero-order valence-corrected chi connectivity index (χ0v) is 13.0. The smallest absolute Gasteiger partial charge is 0.269 e. The normalized spacial score (nSPS) is 10.7. The lowest BCUT2D eigenvalue weighted by Crippen LogP contribution is -1.93. The van der Waals surface area contributed by atoms with Crippen LogP contribution in [0.5, 0.6) is 0 Å². The van der Waals surface area contributed by atoms with Crippen molar-refractivity contribution in [3.05, 3.63) is 56.9 Å². The van der Waals surface area contributed by atoms with Gasteiger partial charge >= 0.3 is 0 Å². The maximum Gasteiger partial charge on any atom is 0.269 e. The highest BCUT2D eigenvalue weighted by Crippen LogP contribution is 2.30. The van der Waals surface area contributed by atoms with Crippen molar-refractivity contribution in [2.45, 2.75) is 13.8 Å². The molecule has 0 saturated heterocycles. The van der Waals surface area contributed by atoms with E-state index in [1.165, 1.54) is 12.1 Å². The maximum atomic E-state index is 10.7. The number of benzene rings is 1. The Morgan fingerprint density at radius 3 is 2.48 bits per heavy atom. The molecule has 2 aromatic heterocycles. The first-order valence-electron chi connectivity index (χ1n) is 6.68. The molecule has 1 aromatic carbocycles. The number of aromatic nitrogens is 3. The number of aryl methyl sites for hydroxylation is 2. The van der Waals surface area contributed by atoms with Gasteiger partial charge in [-0.2, -0.15) is 4.98 Å². The quantitative estimate of drug-likeness (QED) is 0.409. The predicted octanol–water partition coefficient (Wildman–Crippen LogP) is 3.98. The zero-order chi connectivity index (χ0) is 16.6. The number of halogens is 1. The highest BCUT2D eigenvalue weighted by Gasteiger charge is 2.17. The van der Waals surface area contributed by atoms with Crippen molar-refractivity contribution in [1.29, 1.82) is 0 Å². The van der Waals surface area contributed by atoms with Gasteiger partial charge in [0.05, 0.1) is 10.5 Å². The van der Waals surface area contributed by atoms with E-state index in [2.05, 4.69) is 15.1 Å². The van der Waals surface area contributed by atoms with Gasteiger partial charge in [0.25, 0.3) is 11.6 Å². The van der Waals surface area contributed by atoms with Crippen molar-refractivity contribution in [2.75, 3.05) is 0 Å². The summed E-state index contributed by atoms with van der Waals surface area (Å²) in [4.78, 5) is 18.7. The number of pyridine rings is 1. The van der Waals surface area contributed by atoms with Gasteiger partial charge in [0.15, 0.2) is 0 Å². The largest absolute Gasteiger partial charge is 0.334 e. The van der Waals surface area contributed by atoms with Crippen LogP contribution >= 0.6 is 11.6 Å². The molecule has 0 radical (unpaired) electrons. The molecule has 0 unspecified atom stereocenters. The van der Waals surface area contributed by atoms with E-state index in [4.69, 9.17) is 16.1 Å². The molecule has 7 nitrogen and oxygen atoms in total. The molecule has 0 amide bonds. The molecule has 0 fully saturated rings. The Morgan fingerprint density at radius 2 is 1.87 bits per heavy atom. The summed E-state index contributed by atoms with van der Waals surface area (Å²) in [6.07, 6.45) is 0. The topological polar surface area (TPSA) is 95.0 Å². The number of nitro groups is 1. The number of hydrogen-bond acceptors (Lipinski definition) is 6. The molecule has 23 heavy (non-hydrogen) atoms. The lowest BCUT2D eigenvalue weighted by molar-refractivity contribution is -0.384. The number of non-ortho nitro benzene ring substituents is 1. The first-order chi connectivity index (χ1) is 11.0. The summed E-state index contributed by atoms with van der Waals surface area (Å²) in [7, 11) is 0. The van der Waals surface area contributed by atoms with Crippen molar-refractivity contribution in [3.63, 3.8) is 0 Å². The SMILES string of the molecule is Cc1cc(C)c(-c2noc(-c3ccc([N+](=O)[O-])cc3)n2)c(Cl)n1. The molecule has 0 atom stereocenters. The molecule has 8 heteroatoms. The first kappa shape index (κ1) is 15.1. The van der Waals surface area contributed by atoms with Crippen LogP contribution in [0.25, 0.3) is 22.8 Å². The summed E-state index contributed by atoms with van der Waals surface area (Å²) < 4.78 is 5.23. The minimum Gasteiger partial charge on any atom is -0.334 e. The van der Waals surface area contributed by atoms with Gasteiger partial charge in [-0.25, -0.2) is 4.98 Å². The van der Waals surface area contributed by atoms with Gasteiger partial charge in [0.1, 0.15) is 5.15 Å². The standard InChI is InChI=1S/C15H11ClN4O3/c1-8-7-9(2)17-13(16)12(8)14-18-15(23-19-14)10-3-5-11(6-4-10)20(21)22/h3-7H,1-2H3. The van der Waals surface area contributed by atoms with E-state index >= 15 is 0 Å². The molecular formula is C15H11ClN4O3. The van der Waals surface area contributed by atoms with E-state index < -0.39 is 4.92 Å². The summed E-state index contributed by atoms with van der Waals surface area (Å²) in [5, 5.41) is 14.9. The molecule has 0 bridgehead atoms. The molecule has 0 aliphatic carbocycles. The van der Waals surface area contributed by atoms with E-state index in [0.717, 1.165) is 11.3 Å². The first-order valence-corrected chi connectivity index (χ1v) is 7.06. The lowest BCUT2D eigenvalue weighted by Gasteiger charge is -2.04. The van der Waals surface area contributed by atoms with Gasteiger partial charge < -0.3 is 4.52 Å². The second-order valence-electron chi connectivity index (χ2n) is 4.97. The summed E-state index contributed by atoms with van der Waals surface area (Å²) in [5.74, 6) is 0.583. The predicted molar refractivity (Wildman–Crippen MR) is 84.1 cm³/mol. The van der Waals surface area contributed by atoms with Gasteiger partial charge in [0.2, 0.25) is 5.82 Å². The second kappa shape index (κ2) is 5.77. The molecule has 0 N–H and O–H groups in total. The highest BCUT2D eigenvalue weighted by molar-refractivity contribution is 6.32. The van der Waals surface area contributed by atoms with Crippen molar-refractivity contribution in [1.82, 2.24) is 15.1 Å². The summed E-state index contributed by atoms with van der Waals surface area (Å²) >= 11 is 6.17. The van der Waals surface area contributed by atoms with E-state index in [0.29, 0.717) is 22.1 Å². The molecule has 3 rings (SSSR count). The van der Waals surface area contributed by atoms with Crippen LogP contribution in [0, 0.1) is 24.0 Å². The zero-order valence-electron chi connectivity index (χ0n) is 12.3. The maximum absolute atomic E-state index is 10.7. The number of rotatable bonds is 3. The van der Waals surface area contributed by atoms with Crippen LogP contribution in [0.2, 0.25) is 5.15 Å². The fourth-order valence-electron chi connectivity index (χ4n) is 2.23. The lowest BCUT2D eigenvalue weighted by atomic mass is 10.1. The Hall–Kier alpha value is -2.80. The Bertz CT molecular complexity index is 867. The third-order valence-corrected chi connectivity index (χ3v) is 3.55. The highest BCUT2D eigenvalue weighted by atomic mass is 35.5. The molecular weight excluding hydrogens is 320 g/mol. The van der Waals surface area contributed by atoms with Crippen LogP contribution in [-0.4, -0.2) is 20.0 Å². The number of nitrogens with zero attached hydrogens (tertiary/aromatic N) is 4. The van der Waals surface area contributed by atoms with E-state index in [1.807, 2.05) is 19.9 Å².